The third-order valence-electron chi connectivity index (χ3n) is 3.14. The Morgan fingerprint density at radius 2 is 1.77 bits per heavy atom. The van der Waals surface area contributed by atoms with Crippen molar-refractivity contribution >= 4 is 16.1 Å². The summed E-state index contributed by atoms with van der Waals surface area (Å²) in [5.74, 6) is 0.793. The molecule has 3 rings (SSSR count). The maximum absolute atomic E-state index is 11.7. The molecule has 1 heterocycles. The lowest BCUT2D eigenvalue weighted by atomic mass is 10.2. The molecule has 2 aromatic rings. The van der Waals surface area contributed by atoms with Gasteiger partial charge in [-0.2, -0.15) is 12.7 Å². The fourth-order valence-electron chi connectivity index (χ4n) is 2.16. The average Bonchev–Trinajstić information content (AvgIpc) is 2.72. The van der Waals surface area contributed by atoms with Gasteiger partial charge in [-0.25, -0.2) is 4.72 Å². The summed E-state index contributed by atoms with van der Waals surface area (Å²) in [6.07, 6.45) is 0. The monoisotopic (exact) mass is 318 g/mol. The van der Waals surface area contributed by atoms with Gasteiger partial charge in [0.2, 0.25) is 5.91 Å². The van der Waals surface area contributed by atoms with Crippen molar-refractivity contribution in [2.24, 2.45) is 0 Å². The molecule has 0 atom stereocenters. The summed E-state index contributed by atoms with van der Waals surface area (Å²) in [4.78, 5) is 11.2. The maximum atomic E-state index is 11.7. The molecule has 1 amide bonds. The number of nitrogens with one attached hydrogen (secondary N) is 1. The molecule has 1 aliphatic rings. The Morgan fingerprint density at radius 3 is 2.45 bits per heavy atom. The number of para-hydroxylation sites is 1. The second-order valence-corrected chi connectivity index (χ2v) is 6.53. The molecule has 1 aliphatic heterocycles. The molecule has 7 heteroatoms. The molecule has 6 nitrogen and oxygen atoms in total. The number of benzene rings is 2. The minimum atomic E-state index is -3.71. The smallest absolute Gasteiger partial charge is 0.304 e. The van der Waals surface area contributed by atoms with Crippen LogP contribution < -0.4 is 9.46 Å². The third-order valence-corrected chi connectivity index (χ3v) is 4.56. The van der Waals surface area contributed by atoms with E-state index in [1.165, 1.54) is 0 Å². The second-order valence-electron chi connectivity index (χ2n) is 4.86. The lowest BCUT2D eigenvalue weighted by molar-refractivity contribution is -0.118. The van der Waals surface area contributed by atoms with Gasteiger partial charge in [-0.15, -0.1) is 0 Å². The third kappa shape index (κ3) is 3.26. The fraction of sp³-hybridized carbons (Fsp3) is 0.133. The molecule has 2 aromatic carbocycles. The minimum absolute atomic E-state index is 0.118. The molecule has 0 aromatic heterocycles. The van der Waals surface area contributed by atoms with E-state index < -0.39 is 16.1 Å². The Morgan fingerprint density at radius 1 is 1.05 bits per heavy atom. The average molecular weight is 318 g/mol. The Labute approximate surface area is 128 Å². The van der Waals surface area contributed by atoms with Gasteiger partial charge < -0.3 is 4.74 Å². The van der Waals surface area contributed by atoms with Crippen molar-refractivity contribution in [1.29, 1.82) is 0 Å². The van der Waals surface area contributed by atoms with Gasteiger partial charge in [-0.1, -0.05) is 30.3 Å². The standard InChI is InChI=1S/C15H14N2O4S/c18-15-11-17(22(19,20)16-15)10-12-5-4-8-14(9-12)21-13-6-2-1-3-7-13/h1-9H,10-11H2,(H,16,18). The largest absolute Gasteiger partial charge is 0.457 e. The first-order valence-electron chi connectivity index (χ1n) is 6.65. The van der Waals surface area contributed by atoms with Crippen LogP contribution in [0.15, 0.2) is 54.6 Å². The van der Waals surface area contributed by atoms with Gasteiger partial charge in [-0.05, 0) is 29.8 Å². The van der Waals surface area contributed by atoms with Crippen molar-refractivity contribution in [3.63, 3.8) is 0 Å². The highest BCUT2D eigenvalue weighted by Gasteiger charge is 2.33. The summed E-state index contributed by atoms with van der Waals surface area (Å²) in [6, 6.07) is 16.4. The number of nitrogens with zero attached hydrogens (tertiary/aromatic N) is 1. The molecule has 1 fully saturated rings. The van der Waals surface area contributed by atoms with E-state index in [1.54, 1.807) is 24.3 Å². The van der Waals surface area contributed by atoms with E-state index in [9.17, 15) is 13.2 Å². The highest BCUT2D eigenvalue weighted by molar-refractivity contribution is 7.88. The number of hydrogen-bond acceptors (Lipinski definition) is 4. The van der Waals surface area contributed by atoms with Gasteiger partial charge in [0.15, 0.2) is 0 Å². The van der Waals surface area contributed by atoms with Gasteiger partial charge >= 0.3 is 10.2 Å². The van der Waals surface area contributed by atoms with Gasteiger partial charge in [-0.3, -0.25) is 4.79 Å². The molecule has 0 aliphatic carbocycles. The predicted molar refractivity (Wildman–Crippen MR) is 80.4 cm³/mol. The summed E-state index contributed by atoms with van der Waals surface area (Å²) in [5.41, 5.74) is 0.744. The topological polar surface area (TPSA) is 75.7 Å². The number of ether oxygens (including phenoxy) is 1. The Balaban J connectivity index is 1.76. The second kappa shape index (κ2) is 5.78. The van der Waals surface area contributed by atoms with Crippen LogP contribution in [-0.2, 0) is 21.5 Å². The number of carbonyl (C=O) groups is 1. The van der Waals surface area contributed by atoms with E-state index >= 15 is 0 Å². The van der Waals surface area contributed by atoms with Gasteiger partial charge in [0, 0.05) is 6.54 Å². The molecular formula is C15H14N2O4S. The van der Waals surface area contributed by atoms with Crippen molar-refractivity contribution in [3.05, 3.63) is 60.2 Å². The Hall–Kier alpha value is -2.38. The number of rotatable bonds is 4. The van der Waals surface area contributed by atoms with Crippen LogP contribution in [0.2, 0.25) is 0 Å². The molecular weight excluding hydrogens is 304 g/mol. The van der Waals surface area contributed by atoms with E-state index in [0.29, 0.717) is 11.5 Å². The van der Waals surface area contributed by atoms with E-state index in [1.807, 2.05) is 35.1 Å². The molecule has 0 unspecified atom stereocenters. The zero-order chi connectivity index (χ0) is 15.6. The first-order chi connectivity index (χ1) is 10.5. The quantitative estimate of drug-likeness (QED) is 0.930. The molecule has 0 radical (unpaired) electrons. The van der Waals surface area contributed by atoms with E-state index in [0.717, 1.165) is 9.87 Å². The van der Waals surface area contributed by atoms with Crippen molar-refractivity contribution in [2.75, 3.05) is 6.54 Å². The van der Waals surface area contributed by atoms with Crippen LogP contribution in [0.1, 0.15) is 5.56 Å². The predicted octanol–water partition coefficient (Wildman–Crippen LogP) is 1.66. The Bertz CT molecular complexity index is 790. The highest BCUT2D eigenvalue weighted by Crippen LogP contribution is 2.23. The summed E-state index contributed by atoms with van der Waals surface area (Å²) in [5, 5.41) is 0. The van der Waals surface area contributed by atoms with Crippen LogP contribution in [-0.4, -0.2) is 25.2 Å². The molecule has 114 valence electrons. The zero-order valence-electron chi connectivity index (χ0n) is 11.6. The van der Waals surface area contributed by atoms with Crippen molar-refractivity contribution < 1.29 is 17.9 Å². The Kier molecular flexibility index (Phi) is 3.82. The minimum Gasteiger partial charge on any atom is -0.457 e. The lowest BCUT2D eigenvalue weighted by Gasteiger charge is -2.13. The SMILES string of the molecule is O=C1CN(Cc2cccc(Oc3ccccc3)c2)S(=O)(=O)N1. The van der Waals surface area contributed by atoms with E-state index in [2.05, 4.69) is 0 Å². The number of amides is 1. The summed E-state index contributed by atoms with van der Waals surface area (Å²) in [6.45, 7) is -0.0425. The molecule has 1 N–H and O–H groups in total. The van der Waals surface area contributed by atoms with E-state index in [-0.39, 0.29) is 13.1 Å². The van der Waals surface area contributed by atoms with Crippen LogP contribution in [0.5, 0.6) is 11.5 Å². The maximum Gasteiger partial charge on any atom is 0.304 e. The van der Waals surface area contributed by atoms with Gasteiger partial charge in [0.05, 0.1) is 6.54 Å². The van der Waals surface area contributed by atoms with E-state index in [4.69, 9.17) is 4.74 Å². The lowest BCUT2D eigenvalue weighted by Crippen LogP contribution is -2.29. The first-order valence-corrected chi connectivity index (χ1v) is 8.09. The fourth-order valence-corrected chi connectivity index (χ4v) is 3.25. The van der Waals surface area contributed by atoms with Crippen LogP contribution in [0, 0.1) is 0 Å². The molecule has 0 saturated carbocycles. The highest BCUT2D eigenvalue weighted by atomic mass is 32.2. The van der Waals surface area contributed by atoms with Gasteiger partial charge in [0.25, 0.3) is 0 Å². The van der Waals surface area contributed by atoms with Crippen molar-refractivity contribution in [3.8, 4) is 11.5 Å². The summed E-state index contributed by atoms with van der Waals surface area (Å²) < 4.78 is 32.2. The molecule has 22 heavy (non-hydrogen) atoms. The van der Waals surface area contributed by atoms with Crippen LogP contribution in [0.3, 0.4) is 0 Å². The first kappa shape index (κ1) is 14.6. The van der Waals surface area contributed by atoms with Crippen LogP contribution in [0.25, 0.3) is 0 Å². The normalized spacial score (nSPS) is 17.2. The molecule has 0 bridgehead atoms. The molecule has 1 saturated heterocycles. The van der Waals surface area contributed by atoms with Crippen LogP contribution in [0.4, 0.5) is 0 Å². The van der Waals surface area contributed by atoms with Gasteiger partial charge in [0.1, 0.15) is 11.5 Å². The zero-order valence-corrected chi connectivity index (χ0v) is 12.4. The van der Waals surface area contributed by atoms with Crippen LogP contribution >= 0.6 is 0 Å². The number of hydrogen-bond donors (Lipinski definition) is 1. The summed E-state index contributed by atoms with van der Waals surface area (Å²) >= 11 is 0. The molecule has 0 spiro atoms. The number of carbonyl (C=O) groups excluding carboxylic acids is 1. The van der Waals surface area contributed by atoms with Crippen molar-refractivity contribution in [2.45, 2.75) is 6.54 Å². The van der Waals surface area contributed by atoms with Crippen molar-refractivity contribution in [1.82, 2.24) is 9.03 Å². The summed E-state index contributed by atoms with van der Waals surface area (Å²) in [7, 11) is -3.71.